The molecule has 1 heterocycles. The van der Waals surface area contributed by atoms with Gasteiger partial charge in [0.05, 0.1) is 13.2 Å². The van der Waals surface area contributed by atoms with Crippen molar-refractivity contribution in [2.24, 2.45) is 0 Å². The molecule has 112 valence electrons. The molecule has 1 unspecified atom stereocenters. The maximum atomic E-state index is 13.3. The van der Waals surface area contributed by atoms with Gasteiger partial charge in [0.2, 0.25) is 0 Å². The van der Waals surface area contributed by atoms with Gasteiger partial charge < -0.3 is 10.1 Å². The van der Waals surface area contributed by atoms with Crippen LogP contribution in [-0.4, -0.2) is 18.6 Å². The molecule has 5 heteroatoms. The summed E-state index contributed by atoms with van der Waals surface area (Å²) in [6.07, 6.45) is 2.67. The first-order chi connectivity index (χ1) is 10.2. The molecule has 0 saturated heterocycles. The molecule has 1 N–H and O–H groups in total. The molecule has 0 saturated carbocycles. The first kappa shape index (κ1) is 15.7. The average molecular weight is 309 g/mol. The van der Waals surface area contributed by atoms with Crippen molar-refractivity contribution in [3.05, 3.63) is 58.6 Å². The molecular formula is C16H18ClFN2O. The van der Waals surface area contributed by atoms with Gasteiger partial charge in [0.1, 0.15) is 17.3 Å². The van der Waals surface area contributed by atoms with Crippen LogP contribution in [0.5, 0.6) is 5.75 Å². The van der Waals surface area contributed by atoms with E-state index in [2.05, 4.69) is 17.2 Å². The van der Waals surface area contributed by atoms with E-state index in [4.69, 9.17) is 16.3 Å². The van der Waals surface area contributed by atoms with Gasteiger partial charge in [0.15, 0.2) is 0 Å². The van der Waals surface area contributed by atoms with E-state index in [1.807, 2.05) is 12.1 Å². The summed E-state index contributed by atoms with van der Waals surface area (Å²) in [5.41, 5.74) is 1.52. The van der Waals surface area contributed by atoms with Crippen molar-refractivity contribution in [2.75, 3.05) is 13.7 Å². The second-order valence-electron chi connectivity index (χ2n) is 4.64. The number of halogens is 2. The van der Waals surface area contributed by atoms with Crippen molar-refractivity contribution in [1.82, 2.24) is 10.3 Å². The molecular weight excluding hydrogens is 291 g/mol. The summed E-state index contributed by atoms with van der Waals surface area (Å²) in [5.74, 6) is 0.317. The molecule has 0 aliphatic rings. The maximum Gasteiger partial charge on any atom is 0.142 e. The lowest BCUT2D eigenvalue weighted by molar-refractivity contribution is 0.399. The van der Waals surface area contributed by atoms with E-state index >= 15 is 0 Å². The SMILES string of the molecule is CCCNC(c1ccc(F)cc1Cl)c1ncccc1OC. The summed E-state index contributed by atoms with van der Waals surface area (Å²) in [6.45, 7) is 2.87. The third-order valence-corrected chi connectivity index (χ3v) is 3.49. The quantitative estimate of drug-likeness (QED) is 0.876. The van der Waals surface area contributed by atoms with E-state index in [1.54, 1.807) is 19.4 Å². The fraction of sp³-hybridized carbons (Fsp3) is 0.312. The van der Waals surface area contributed by atoms with Crippen LogP contribution in [-0.2, 0) is 0 Å². The Morgan fingerprint density at radius 1 is 1.38 bits per heavy atom. The van der Waals surface area contributed by atoms with Crippen LogP contribution < -0.4 is 10.1 Å². The molecule has 0 radical (unpaired) electrons. The first-order valence-corrected chi connectivity index (χ1v) is 7.22. The Labute approximate surface area is 129 Å². The Balaban J connectivity index is 2.47. The molecule has 0 aliphatic carbocycles. The van der Waals surface area contributed by atoms with Gasteiger partial charge >= 0.3 is 0 Å². The first-order valence-electron chi connectivity index (χ1n) is 6.84. The van der Waals surface area contributed by atoms with Crippen molar-refractivity contribution < 1.29 is 9.13 Å². The normalized spacial score (nSPS) is 12.2. The summed E-state index contributed by atoms with van der Waals surface area (Å²) in [4.78, 5) is 4.40. The monoisotopic (exact) mass is 308 g/mol. The number of pyridine rings is 1. The van der Waals surface area contributed by atoms with Crippen molar-refractivity contribution >= 4 is 11.6 Å². The third-order valence-electron chi connectivity index (χ3n) is 3.17. The molecule has 0 spiro atoms. The fourth-order valence-electron chi connectivity index (χ4n) is 2.17. The Bertz CT molecular complexity index is 607. The fourth-order valence-corrected chi connectivity index (χ4v) is 2.45. The average Bonchev–Trinajstić information content (AvgIpc) is 2.49. The van der Waals surface area contributed by atoms with Crippen LogP contribution >= 0.6 is 11.6 Å². The minimum Gasteiger partial charge on any atom is -0.495 e. The lowest BCUT2D eigenvalue weighted by Gasteiger charge is -2.21. The van der Waals surface area contributed by atoms with Gasteiger partial charge in [-0.15, -0.1) is 0 Å². The van der Waals surface area contributed by atoms with Crippen molar-refractivity contribution in [1.29, 1.82) is 0 Å². The van der Waals surface area contributed by atoms with Crippen molar-refractivity contribution in [2.45, 2.75) is 19.4 Å². The molecule has 2 rings (SSSR count). The van der Waals surface area contributed by atoms with Crippen LogP contribution in [0.15, 0.2) is 36.5 Å². The highest BCUT2D eigenvalue weighted by Crippen LogP contribution is 2.32. The highest BCUT2D eigenvalue weighted by atomic mass is 35.5. The second-order valence-corrected chi connectivity index (χ2v) is 5.05. The van der Waals surface area contributed by atoms with Crippen LogP contribution in [0, 0.1) is 5.82 Å². The number of benzene rings is 1. The van der Waals surface area contributed by atoms with Crippen LogP contribution in [0.1, 0.15) is 30.6 Å². The molecule has 0 amide bonds. The third kappa shape index (κ3) is 3.71. The van der Waals surface area contributed by atoms with Crippen LogP contribution in [0.2, 0.25) is 5.02 Å². The van der Waals surface area contributed by atoms with E-state index in [0.29, 0.717) is 10.8 Å². The number of aromatic nitrogens is 1. The molecule has 0 bridgehead atoms. The number of rotatable bonds is 6. The predicted octanol–water partition coefficient (Wildman–Crippen LogP) is 3.97. The molecule has 0 aliphatic heterocycles. The van der Waals surface area contributed by atoms with Crippen molar-refractivity contribution in [3.8, 4) is 5.75 Å². The Kier molecular flexibility index (Phi) is 5.53. The highest BCUT2D eigenvalue weighted by Gasteiger charge is 2.21. The summed E-state index contributed by atoms with van der Waals surface area (Å²) in [6, 6.07) is 7.81. The standard InChI is InChI=1S/C16H18ClFN2O/c1-3-8-19-15(12-7-6-11(18)10-13(12)17)16-14(21-2)5-4-9-20-16/h4-7,9-10,15,19H,3,8H2,1-2H3. The molecule has 0 fully saturated rings. The topological polar surface area (TPSA) is 34.2 Å². The molecule has 1 atom stereocenters. The lowest BCUT2D eigenvalue weighted by Crippen LogP contribution is -2.25. The molecule has 21 heavy (non-hydrogen) atoms. The molecule has 1 aromatic heterocycles. The molecule has 1 aromatic carbocycles. The minimum absolute atomic E-state index is 0.241. The Morgan fingerprint density at radius 2 is 2.19 bits per heavy atom. The van der Waals surface area contributed by atoms with E-state index in [9.17, 15) is 4.39 Å². The zero-order chi connectivity index (χ0) is 15.2. The highest BCUT2D eigenvalue weighted by molar-refractivity contribution is 6.31. The Hall–Kier alpha value is -1.65. The van der Waals surface area contributed by atoms with Gasteiger partial charge in [-0.25, -0.2) is 4.39 Å². The van der Waals surface area contributed by atoms with Crippen molar-refractivity contribution in [3.63, 3.8) is 0 Å². The van der Waals surface area contributed by atoms with E-state index in [-0.39, 0.29) is 11.9 Å². The number of methoxy groups -OCH3 is 1. The largest absolute Gasteiger partial charge is 0.495 e. The van der Waals surface area contributed by atoms with Gasteiger partial charge in [-0.3, -0.25) is 4.98 Å². The van der Waals surface area contributed by atoms with Crippen LogP contribution in [0.4, 0.5) is 4.39 Å². The van der Waals surface area contributed by atoms with Gasteiger partial charge in [0.25, 0.3) is 0 Å². The zero-order valence-electron chi connectivity index (χ0n) is 12.1. The van der Waals surface area contributed by atoms with Crippen LogP contribution in [0.25, 0.3) is 0 Å². The second kappa shape index (κ2) is 7.38. The summed E-state index contributed by atoms with van der Waals surface area (Å²) >= 11 is 6.20. The van der Waals surface area contributed by atoms with Gasteiger partial charge in [-0.1, -0.05) is 24.6 Å². The number of ether oxygens (including phenoxy) is 1. The summed E-state index contributed by atoms with van der Waals surface area (Å²) in [7, 11) is 1.60. The van der Waals surface area contributed by atoms with E-state index in [1.165, 1.54) is 12.1 Å². The molecule has 2 aromatic rings. The van der Waals surface area contributed by atoms with E-state index in [0.717, 1.165) is 24.2 Å². The summed E-state index contributed by atoms with van der Waals surface area (Å²) < 4.78 is 18.6. The van der Waals surface area contributed by atoms with Gasteiger partial charge in [-0.05, 0) is 42.8 Å². The molecule has 3 nitrogen and oxygen atoms in total. The maximum absolute atomic E-state index is 13.3. The Morgan fingerprint density at radius 3 is 2.86 bits per heavy atom. The lowest BCUT2D eigenvalue weighted by atomic mass is 10.0. The zero-order valence-corrected chi connectivity index (χ0v) is 12.8. The smallest absolute Gasteiger partial charge is 0.142 e. The number of nitrogens with one attached hydrogen (secondary N) is 1. The minimum atomic E-state index is -0.356. The van der Waals surface area contributed by atoms with Gasteiger partial charge in [-0.2, -0.15) is 0 Å². The number of hydrogen-bond donors (Lipinski definition) is 1. The number of hydrogen-bond acceptors (Lipinski definition) is 3. The number of nitrogens with zero attached hydrogens (tertiary/aromatic N) is 1. The van der Waals surface area contributed by atoms with E-state index < -0.39 is 0 Å². The van der Waals surface area contributed by atoms with Crippen LogP contribution in [0.3, 0.4) is 0 Å². The predicted molar refractivity (Wildman–Crippen MR) is 82.3 cm³/mol. The summed E-state index contributed by atoms with van der Waals surface area (Å²) in [5, 5.41) is 3.76. The van der Waals surface area contributed by atoms with Gasteiger partial charge in [0, 0.05) is 11.2 Å².